The molecule has 0 aliphatic carbocycles. The van der Waals surface area contributed by atoms with Crippen LogP contribution in [0.25, 0.3) is 11.4 Å². The number of thioether (sulfide) groups is 1. The van der Waals surface area contributed by atoms with Crippen molar-refractivity contribution in [3.8, 4) is 17.1 Å². The van der Waals surface area contributed by atoms with E-state index in [-0.39, 0.29) is 0 Å². The number of benzene rings is 2. The summed E-state index contributed by atoms with van der Waals surface area (Å²) >= 11 is 7.62. The minimum absolute atomic E-state index is 0.606. The van der Waals surface area contributed by atoms with Gasteiger partial charge in [0.15, 0.2) is 5.82 Å². The second-order valence-corrected chi connectivity index (χ2v) is 7.41. The SMILES string of the molecule is COCCNc1cc(SCc2ccc(Cl)cc2)nc(-c2ccc(OC)cc2)n1. The van der Waals surface area contributed by atoms with Gasteiger partial charge in [0.1, 0.15) is 16.6 Å². The molecule has 0 spiro atoms. The smallest absolute Gasteiger partial charge is 0.162 e. The molecule has 5 nitrogen and oxygen atoms in total. The molecule has 0 amide bonds. The van der Waals surface area contributed by atoms with Crippen molar-refractivity contribution in [3.05, 3.63) is 65.2 Å². The predicted molar refractivity (Wildman–Crippen MR) is 115 cm³/mol. The van der Waals surface area contributed by atoms with Crippen LogP contribution < -0.4 is 10.1 Å². The van der Waals surface area contributed by atoms with Gasteiger partial charge in [0.25, 0.3) is 0 Å². The van der Waals surface area contributed by atoms with Gasteiger partial charge in [0.2, 0.25) is 0 Å². The van der Waals surface area contributed by atoms with Crippen LogP contribution in [0.2, 0.25) is 5.02 Å². The fraction of sp³-hybridized carbons (Fsp3) is 0.238. The Labute approximate surface area is 174 Å². The van der Waals surface area contributed by atoms with E-state index in [1.54, 1.807) is 26.0 Å². The maximum Gasteiger partial charge on any atom is 0.162 e. The lowest BCUT2D eigenvalue weighted by Crippen LogP contribution is -2.09. The minimum atomic E-state index is 0.606. The van der Waals surface area contributed by atoms with Crippen molar-refractivity contribution in [3.63, 3.8) is 0 Å². The van der Waals surface area contributed by atoms with Gasteiger partial charge in [0, 0.05) is 36.1 Å². The van der Waals surface area contributed by atoms with Crippen LogP contribution in [0.15, 0.2) is 59.6 Å². The average Bonchev–Trinajstić information content (AvgIpc) is 2.73. The van der Waals surface area contributed by atoms with E-state index in [1.807, 2.05) is 54.6 Å². The van der Waals surface area contributed by atoms with Crippen molar-refractivity contribution < 1.29 is 9.47 Å². The fourth-order valence-electron chi connectivity index (χ4n) is 2.48. The highest BCUT2D eigenvalue weighted by atomic mass is 35.5. The second-order valence-electron chi connectivity index (χ2n) is 5.98. The van der Waals surface area contributed by atoms with Gasteiger partial charge < -0.3 is 14.8 Å². The van der Waals surface area contributed by atoms with E-state index in [2.05, 4.69) is 10.3 Å². The van der Waals surface area contributed by atoms with Crippen LogP contribution in [-0.4, -0.2) is 37.3 Å². The maximum atomic E-state index is 5.97. The van der Waals surface area contributed by atoms with Gasteiger partial charge in [-0.05, 0) is 42.0 Å². The first-order valence-corrected chi connectivity index (χ1v) is 10.2. The Bertz CT molecular complexity index is 889. The van der Waals surface area contributed by atoms with E-state index in [4.69, 9.17) is 26.1 Å². The zero-order valence-electron chi connectivity index (χ0n) is 15.8. The quantitative estimate of drug-likeness (QED) is 0.296. The number of aromatic nitrogens is 2. The molecule has 0 saturated heterocycles. The van der Waals surface area contributed by atoms with Gasteiger partial charge >= 0.3 is 0 Å². The molecule has 0 aliphatic rings. The number of nitrogens with one attached hydrogen (secondary N) is 1. The van der Waals surface area contributed by atoms with Crippen LogP contribution in [0, 0.1) is 0 Å². The Balaban J connectivity index is 1.82. The van der Waals surface area contributed by atoms with Gasteiger partial charge in [-0.25, -0.2) is 9.97 Å². The van der Waals surface area contributed by atoms with Crippen LogP contribution in [0.1, 0.15) is 5.56 Å². The predicted octanol–water partition coefficient (Wildman–Crippen LogP) is 5.16. The van der Waals surface area contributed by atoms with Crippen LogP contribution in [-0.2, 0) is 10.5 Å². The Hall–Kier alpha value is -2.28. The standard InChI is InChI=1S/C21H22ClN3O2S/c1-26-12-11-23-19-13-20(28-14-15-3-7-17(22)8-4-15)25-21(24-19)16-5-9-18(27-2)10-6-16/h3-10,13H,11-12,14H2,1-2H3,(H,23,24,25). The van der Waals surface area contributed by atoms with E-state index >= 15 is 0 Å². The van der Waals surface area contributed by atoms with Crippen LogP contribution in [0.3, 0.4) is 0 Å². The summed E-state index contributed by atoms with van der Waals surface area (Å²) in [4.78, 5) is 9.38. The molecule has 3 aromatic rings. The molecule has 3 rings (SSSR count). The number of hydrogen-bond donors (Lipinski definition) is 1. The lowest BCUT2D eigenvalue weighted by molar-refractivity contribution is 0.210. The number of hydrogen-bond acceptors (Lipinski definition) is 6. The van der Waals surface area contributed by atoms with Crippen molar-refractivity contribution in [1.29, 1.82) is 0 Å². The van der Waals surface area contributed by atoms with E-state index in [1.165, 1.54) is 5.56 Å². The molecule has 0 bridgehead atoms. The molecule has 7 heteroatoms. The van der Waals surface area contributed by atoms with Gasteiger partial charge in [-0.15, -0.1) is 11.8 Å². The molecular formula is C21H22ClN3O2S. The summed E-state index contributed by atoms with van der Waals surface area (Å²) in [6.07, 6.45) is 0. The summed E-state index contributed by atoms with van der Waals surface area (Å²) in [5, 5.41) is 4.93. The van der Waals surface area contributed by atoms with Crippen molar-refractivity contribution in [2.24, 2.45) is 0 Å². The topological polar surface area (TPSA) is 56.3 Å². The average molecular weight is 416 g/mol. The minimum Gasteiger partial charge on any atom is -0.497 e. The van der Waals surface area contributed by atoms with Crippen molar-refractivity contribution in [2.45, 2.75) is 10.8 Å². The molecule has 28 heavy (non-hydrogen) atoms. The van der Waals surface area contributed by atoms with Crippen molar-refractivity contribution in [2.75, 3.05) is 32.7 Å². The molecule has 1 heterocycles. The first-order valence-electron chi connectivity index (χ1n) is 8.81. The molecule has 146 valence electrons. The Kier molecular flexibility index (Phi) is 7.54. The number of halogens is 1. The highest BCUT2D eigenvalue weighted by Crippen LogP contribution is 2.27. The number of methoxy groups -OCH3 is 2. The molecule has 0 radical (unpaired) electrons. The normalized spacial score (nSPS) is 10.7. The number of anilines is 1. The third kappa shape index (κ3) is 5.86. The Morgan fingerprint density at radius 3 is 2.43 bits per heavy atom. The second kappa shape index (κ2) is 10.3. The number of rotatable bonds is 9. The van der Waals surface area contributed by atoms with Crippen LogP contribution in [0.5, 0.6) is 5.75 Å². The summed E-state index contributed by atoms with van der Waals surface area (Å²) in [5.41, 5.74) is 2.12. The highest BCUT2D eigenvalue weighted by Gasteiger charge is 2.09. The largest absolute Gasteiger partial charge is 0.497 e. The molecule has 0 fully saturated rings. The molecule has 0 saturated carbocycles. The zero-order valence-corrected chi connectivity index (χ0v) is 17.4. The summed E-state index contributed by atoms with van der Waals surface area (Å²) in [6, 6.07) is 17.5. The maximum absolute atomic E-state index is 5.97. The Morgan fingerprint density at radius 2 is 1.75 bits per heavy atom. The molecule has 1 aromatic heterocycles. The van der Waals surface area contributed by atoms with Crippen LogP contribution >= 0.6 is 23.4 Å². The van der Waals surface area contributed by atoms with E-state index in [0.29, 0.717) is 19.0 Å². The number of nitrogens with zero attached hydrogens (tertiary/aromatic N) is 2. The first kappa shape index (κ1) is 20.5. The van der Waals surface area contributed by atoms with Crippen molar-refractivity contribution >= 4 is 29.2 Å². The molecule has 2 aromatic carbocycles. The zero-order chi connectivity index (χ0) is 19.8. The van der Waals surface area contributed by atoms with E-state index in [0.717, 1.165) is 32.9 Å². The summed E-state index contributed by atoms with van der Waals surface area (Å²) in [5.74, 6) is 3.05. The van der Waals surface area contributed by atoms with Gasteiger partial charge in [-0.1, -0.05) is 23.7 Å². The molecule has 0 unspecified atom stereocenters. The Morgan fingerprint density at radius 1 is 1.00 bits per heavy atom. The van der Waals surface area contributed by atoms with Gasteiger partial charge in [-0.3, -0.25) is 0 Å². The molecule has 0 aliphatic heterocycles. The van der Waals surface area contributed by atoms with Crippen LogP contribution in [0.4, 0.5) is 5.82 Å². The summed E-state index contributed by atoms with van der Waals surface area (Å²) in [6.45, 7) is 1.28. The third-order valence-electron chi connectivity index (χ3n) is 3.96. The van der Waals surface area contributed by atoms with Gasteiger partial charge in [0.05, 0.1) is 13.7 Å². The number of ether oxygens (including phenoxy) is 2. The summed E-state index contributed by atoms with van der Waals surface area (Å²) < 4.78 is 10.3. The molecular weight excluding hydrogens is 394 g/mol. The highest BCUT2D eigenvalue weighted by molar-refractivity contribution is 7.98. The molecule has 1 N–H and O–H groups in total. The van der Waals surface area contributed by atoms with Gasteiger partial charge in [-0.2, -0.15) is 0 Å². The lowest BCUT2D eigenvalue weighted by Gasteiger charge is -2.10. The van der Waals surface area contributed by atoms with E-state index in [9.17, 15) is 0 Å². The van der Waals surface area contributed by atoms with Crippen molar-refractivity contribution in [1.82, 2.24) is 9.97 Å². The summed E-state index contributed by atoms with van der Waals surface area (Å²) in [7, 11) is 3.33. The fourth-order valence-corrected chi connectivity index (χ4v) is 3.46. The monoisotopic (exact) mass is 415 g/mol. The third-order valence-corrected chi connectivity index (χ3v) is 5.20. The molecule has 0 atom stereocenters. The lowest BCUT2D eigenvalue weighted by atomic mass is 10.2. The first-order chi connectivity index (χ1) is 13.7. The van der Waals surface area contributed by atoms with E-state index < -0.39 is 0 Å².